The van der Waals surface area contributed by atoms with Crippen molar-refractivity contribution in [3.8, 4) is 0 Å². The van der Waals surface area contributed by atoms with Gasteiger partial charge in [-0.05, 0) is 36.8 Å². The molecule has 90 valence electrons. The number of hydrogen-bond donors (Lipinski definition) is 2. The molecule has 0 amide bonds. The van der Waals surface area contributed by atoms with E-state index >= 15 is 0 Å². The first-order valence-corrected chi connectivity index (χ1v) is 5.99. The normalized spacial score (nSPS) is 11.1. The van der Waals surface area contributed by atoms with Gasteiger partial charge in [-0.3, -0.25) is 4.79 Å². The summed E-state index contributed by atoms with van der Waals surface area (Å²) in [6.45, 7) is 5.98. The Morgan fingerprint density at radius 3 is 2.94 bits per heavy atom. The molecule has 0 aliphatic heterocycles. The standard InChI is InChI=1S/C10H17BrN4O/c1-7(2)15(3)5-4-12-8-6-13-14-10(16)9(8)11/h6-7H,4-5H2,1-3H3,(H2,12,14,16). The lowest BCUT2D eigenvalue weighted by molar-refractivity contribution is 0.284. The maximum Gasteiger partial charge on any atom is 0.280 e. The van der Waals surface area contributed by atoms with Crippen LogP contribution in [-0.2, 0) is 0 Å². The van der Waals surface area contributed by atoms with Crippen molar-refractivity contribution in [2.24, 2.45) is 0 Å². The van der Waals surface area contributed by atoms with Crippen LogP contribution in [0.4, 0.5) is 5.69 Å². The minimum Gasteiger partial charge on any atom is -0.381 e. The molecule has 0 atom stereocenters. The molecule has 0 bridgehead atoms. The third kappa shape index (κ3) is 3.61. The molecule has 6 heteroatoms. The van der Waals surface area contributed by atoms with Crippen molar-refractivity contribution in [3.63, 3.8) is 0 Å². The van der Waals surface area contributed by atoms with Gasteiger partial charge in [-0.15, -0.1) is 0 Å². The maximum absolute atomic E-state index is 11.2. The number of nitrogens with zero attached hydrogens (tertiary/aromatic N) is 2. The zero-order chi connectivity index (χ0) is 12.1. The maximum atomic E-state index is 11.2. The van der Waals surface area contributed by atoms with Gasteiger partial charge < -0.3 is 10.2 Å². The van der Waals surface area contributed by atoms with E-state index in [9.17, 15) is 4.79 Å². The van der Waals surface area contributed by atoms with E-state index in [4.69, 9.17) is 0 Å². The van der Waals surface area contributed by atoms with E-state index in [0.717, 1.165) is 18.8 Å². The fourth-order valence-electron chi connectivity index (χ4n) is 1.13. The Labute approximate surface area is 103 Å². The summed E-state index contributed by atoms with van der Waals surface area (Å²) in [7, 11) is 2.07. The number of anilines is 1. The number of aromatic amines is 1. The highest BCUT2D eigenvalue weighted by molar-refractivity contribution is 9.10. The third-order valence-electron chi connectivity index (χ3n) is 2.46. The van der Waals surface area contributed by atoms with E-state index in [1.807, 2.05) is 0 Å². The Morgan fingerprint density at radius 2 is 2.31 bits per heavy atom. The Morgan fingerprint density at radius 1 is 1.62 bits per heavy atom. The van der Waals surface area contributed by atoms with Gasteiger partial charge in [-0.1, -0.05) is 0 Å². The summed E-state index contributed by atoms with van der Waals surface area (Å²) in [4.78, 5) is 13.5. The summed E-state index contributed by atoms with van der Waals surface area (Å²) < 4.78 is 0.495. The van der Waals surface area contributed by atoms with Crippen molar-refractivity contribution >= 4 is 21.6 Å². The van der Waals surface area contributed by atoms with Crippen LogP contribution in [0.1, 0.15) is 13.8 Å². The third-order valence-corrected chi connectivity index (χ3v) is 3.24. The van der Waals surface area contributed by atoms with E-state index in [2.05, 4.69) is 57.2 Å². The lowest BCUT2D eigenvalue weighted by Gasteiger charge is -2.21. The molecule has 0 aliphatic carbocycles. The molecular weight excluding hydrogens is 272 g/mol. The summed E-state index contributed by atoms with van der Waals surface area (Å²) in [5.74, 6) is 0. The van der Waals surface area contributed by atoms with Crippen molar-refractivity contribution < 1.29 is 0 Å². The first kappa shape index (κ1) is 13.2. The summed E-state index contributed by atoms with van der Waals surface area (Å²) in [5.41, 5.74) is 0.503. The minimum absolute atomic E-state index is 0.220. The molecule has 1 heterocycles. The number of H-pyrrole nitrogens is 1. The molecule has 1 rings (SSSR count). The first-order chi connectivity index (χ1) is 7.52. The Hall–Kier alpha value is -0.880. The molecule has 0 aromatic carbocycles. The molecule has 0 saturated carbocycles. The van der Waals surface area contributed by atoms with E-state index in [1.54, 1.807) is 6.20 Å². The van der Waals surface area contributed by atoms with Gasteiger partial charge in [0.15, 0.2) is 0 Å². The van der Waals surface area contributed by atoms with Crippen molar-refractivity contribution in [2.45, 2.75) is 19.9 Å². The number of hydrogen-bond acceptors (Lipinski definition) is 4. The molecule has 2 N–H and O–H groups in total. The van der Waals surface area contributed by atoms with E-state index < -0.39 is 0 Å². The zero-order valence-electron chi connectivity index (χ0n) is 9.75. The van der Waals surface area contributed by atoms with Crippen molar-refractivity contribution in [2.75, 3.05) is 25.5 Å². The molecular formula is C10H17BrN4O. The highest BCUT2D eigenvalue weighted by Crippen LogP contribution is 2.14. The molecule has 0 fully saturated rings. The van der Waals surface area contributed by atoms with E-state index in [0.29, 0.717) is 10.5 Å². The zero-order valence-corrected chi connectivity index (χ0v) is 11.3. The average molecular weight is 289 g/mol. The second kappa shape index (κ2) is 6.00. The molecule has 0 spiro atoms. The van der Waals surface area contributed by atoms with Crippen LogP contribution in [-0.4, -0.2) is 41.3 Å². The topological polar surface area (TPSA) is 61.0 Å². The van der Waals surface area contributed by atoms with Gasteiger partial charge in [0, 0.05) is 19.1 Å². The molecule has 0 saturated heterocycles. The minimum atomic E-state index is -0.220. The largest absolute Gasteiger partial charge is 0.381 e. The predicted molar refractivity (Wildman–Crippen MR) is 68.8 cm³/mol. The SMILES string of the molecule is CC(C)N(C)CCNc1cn[nH]c(=O)c1Br. The van der Waals surface area contributed by atoms with Crippen LogP contribution >= 0.6 is 15.9 Å². The van der Waals surface area contributed by atoms with Crippen LogP contribution in [0.5, 0.6) is 0 Å². The van der Waals surface area contributed by atoms with Gasteiger partial charge >= 0.3 is 0 Å². The number of rotatable bonds is 5. The molecule has 0 aliphatic rings. The quantitative estimate of drug-likeness (QED) is 0.857. The summed E-state index contributed by atoms with van der Waals surface area (Å²) in [6.07, 6.45) is 1.60. The lowest BCUT2D eigenvalue weighted by atomic mass is 10.3. The van der Waals surface area contributed by atoms with Gasteiger partial charge in [0.1, 0.15) is 4.47 Å². The second-order valence-electron chi connectivity index (χ2n) is 3.93. The van der Waals surface area contributed by atoms with E-state index in [1.165, 1.54) is 0 Å². The fraction of sp³-hybridized carbons (Fsp3) is 0.600. The monoisotopic (exact) mass is 288 g/mol. The highest BCUT2D eigenvalue weighted by Gasteiger charge is 2.05. The highest BCUT2D eigenvalue weighted by atomic mass is 79.9. The Kier molecular flexibility index (Phi) is 4.95. The molecule has 1 aromatic rings. The Bertz CT molecular complexity index is 391. The Balaban J connectivity index is 2.49. The van der Waals surface area contributed by atoms with Gasteiger partial charge in [0.2, 0.25) is 0 Å². The number of likely N-dealkylation sites (N-methyl/N-ethyl adjacent to an activating group) is 1. The molecule has 0 unspecified atom stereocenters. The van der Waals surface area contributed by atoms with Crippen LogP contribution in [0, 0.1) is 0 Å². The number of nitrogens with one attached hydrogen (secondary N) is 2. The van der Waals surface area contributed by atoms with E-state index in [-0.39, 0.29) is 5.56 Å². The summed E-state index contributed by atoms with van der Waals surface area (Å²) >= 11 is 3.22. The molecule has 16 heavy (non-hydrogen) atoms. The van der Waals surface area contributed by atoms with Crippen LogP contribution in [0.3, 0.4) is 0 Å². The average Bonchev–Trinajstić information content (AvgIpc) is 2.24. The molecule has 5 nitrogen and oxygen atoms in total. The van der Waals surface area contributed by atoms with Gasteiger partial charge in [-0.2, -0.15) is 5.10 Å². The van der Waals surface area contributed by atoms with Gasteiger partial charge in [0.25, 0.3) is 5.56 Å². The number of aromatic nitrogens is 2. The molecule has 1 aromatic heterocycles. The van der Waals surface area contributed by atoms with Gasteiger partial charge in [-0.25, -0.2) is 5.10 Å². The summed E-state index contributed by atoms with van der Waals surface area (Å²) in [6, 6.07) is 0.516. The van der Waals surface area contributed by atoms with Crippen molar-refractivity contribution in [3.05, 3.63) is 21.0 Å². The lowest BCUT2D eigenvalue weighted by Crippen LogP contribution is -2.31. The summed E-state index contributed by atoms with van der Waals surface area (Å²) in [5, 5.41) is 9.26. The van der Waals surface area contributed by atoms with Gasteiger partial charge in [0.05, 0.1) is 11.9 Å². The first-order valence-electron chi connectivity index (χ1n) is 5.19. The second-order valence-corrected chi connectivity index (χ2v) is 4.72. The number of halogens is 1. The van der Waals surface area contributed by atoms with Crippen LogP contribution in [0.15, 0.2) is 15.5 Å². The molecule has 0 radical (unpaired) electrons. The smallest absolute Gasteiger partial charge is 0.280 e. The fourth-order valence-corrected chi connectivity index (χ4v) is 1.46. The van der Waals surface area contributed by atoms with Crippen LogP contribution < -0.4 is 10.9 Å². The van der Waals surface area contributed by atoms with Crippen molar-refractivity contribution in [1.82, 2.24) is 15.1 Å². The predicted octanol–water partition coefficient (Wildman–Crippen LogP) is 1.28. The van der Waals surface area contributed by atoms with Crippen LogP contribution in [0.2, 0.25) is 0 Å². The van der Waals surface area contributed by atoms with Crippen molar-refractivity contribution in [1.29, 1.82) is 0 Å². The van der Waals surface area contributed by atoms with Crippen LogP contribution in [0.25, 0.3) is 0 Å².